The summed E-state index contributed by atoms with van der Waals surface area (Å²) < 4.78 is 6.12. The lowest BCUT2D eigenvalue weighted by Gasteiger charge is -2.15. The van der Waals surface area contributed by atoms with E-state index in [0.717, 1.165) is 0 Å². The highest BCUT2D eigenvalue weighted by atomic mass is 35.5. The molecule has 32 heavy (non-hydrogen) atoms. The third kappa shape index (κ3) is 3.01. The van der Waals surface area contributed by atoms with Crippen molar-refractivity contribution in [3.63, 3.8) is 0 Å². The van der Waals surface area contributed by atoms with Crippen LogP contribution in [0.5, 0.6) is 5.75 Å². The molecule has 4 aromatic carbocycles. The number of aldehydes is 1. The topological polar surface area (TPSA) is 105 Å². The van der Waals surface area contributed by atoms with E-state index in [-0.39, 0.29) is 27.3 Å². The van der Waals surface area contributed by atoms with Crippen molar-refractivity contribution in [3.05, 3.63) is 87.0 Å². The molecule has 0 unspecified atom stereocenters. The number of benzene rings is 4. The second kappa shape index (κ2) is 7.21. The van der Waals surface area contributed by atoms with Gasteiger partial charge in [0.25, 0.3) is 0 Å². The number of halogens is 1. The van der Waals surface area contributed by atoms with Crippen LogP contribution in [-0.2, 0) is 0 Å². The summed E-state index contributed by atoms with van der Waals surface area (Å²) >= 11 is 6.17. The van der Waals surface area contributed by atoms with Gasteiger partial charge in [-0.1, -0.05) is 23.7 Å². The van der Waals surface area contributed by atoms with Crippen molar-refractivity contribution in [1.29, 1.82) is 0 Å². The summed E-state index contributed by atoms with van der Waals surface area (Å²) in [5, 5.41) is 22.4. The molecule has 7 heteroatoms. The summed E-state index contributed by atoms with van der Waals surface area (Å²) in [7, 11) is 0. The first-order chi connectivity index (χ1) is 15.4. The fraction of sp³-hybridized carbons (Fsp3) is 0. The normalized spacial score (nSPS) is 11.3. The van der Waals surface area contributed by atoms with E-state index in [0.29, 0.717) is 50.1 Å². The number of carboxylic acids is 1. The number of carbonyl (C=O) groups excluding carboxylic acids is 1. The maximum atomic E-state index is 12.0. The lowest BCUT2D eigenvalue weighted by atomic mass is 9.91. The lowest BCUT2D eigenvalue weighted by Crippen LogP contribution is -2.02. The summed E-state index contributed by atoms with van der Waals surface area (Å²) in [4.78, 5) is 35.3. The number of hydrogen-bond acceptors (Lipinski definition) is 5. The van der Waals surface area contributed by atoms with Gasteiger partial charge in [0.15, 0.2) is 5.43 Å². The SMILES string of the molecule is O=Cc1ccc(C(=O)O)c(-c2c3cc(Cl)c(O)cc3oc3c2ccc2cc(=O)ccc23)c1. The quantitative estimate of drug-likeness (QED) is 0.212. The maximum Gasteiger partial charge on any atom is 0.336 e. The van der Waals surface area contributed by atoms with Crippen LogP contribution in [0.25, 0.3) is 43.8 Å². The Labute approximate surface area is 184 Å². The van der Waals surface area contributed by atoms with Gasteiger partial charge in [-0.15, -0.1) is 0 Å². The minimum atomic E-state index is -1.17. The monoisotopic (exact) mass is 444 g/mol. The standard InChI is InChI=1S/C25H13ClO6/c26-20-9-19-22(10-21(20)29)32-24-15-6-3-14(28)8-13(15)2-5-17(24)23(19)18-7-12(11-27)1-4-16(18)25(30)31/h1-11,29H,(H,30,31). The van der Waals surface area contributed by atoms with Crippen LogP contribution < -0.4 is 5.43 Å². The molecule has 6 nitrogen and oxygen atoms in total. The molecule has 1 aromatic heterocycles. The molecule has 0 radical (unpaired) electrons. The van der Waals surface area contributed by atoms with Gasteiger partial charge in [-0.3, -0.25) is 9.59 Å². The van der Waals surface area contributed by atoms with E-state index >= 15 is 0 Å². The fourth-order valence-electron chi connectivity index (χ4n) is 3.98. The summed E-state index contributed by atoms with van der Waals surface area (Å²) in [6.45, 7) is 0. The van der Waals surface area contributed by atoms with Crippen molar-refractivity contribution in [2.45, 2.75) is 0 Å². The molecule has 156 valence electrons. The minimum absolute atomic E-state index is 0.0106. The Bertz CT molecular complexity index is 1670. The van der Waals surface area contributed by atoms with Crippen LogP contribution in [-0.4, -0.2) is 22.5 Å². The van der Waals surface area contributed by atoms with E-state index in [1.807, 2.05) is 0 Å². The Hall–Kier alpha value is -4.16. The van der Waals surface area contributed by atoms with Gasteiger partial charge in [-0.25, -0.2) is 4.79 Å². The zero-order chi connectivity index (χ0) is 22.6. The van der Waals surface area contributed by atoms with Gasteiger partial charge in [-0.2, -0.15) is 0 Å². The Kier molecular flexibility index (Phi) is 4.46. The van der Waals surface area contributed by atoms with E-state index < -0.39 is 5.97 Å². The average molecular weight is 445 g/mol. The van der Waals surface area contributed by atoms with Crippen molar-refractivity contribution in [1.82, 2.24) is 0 Å². The molecular formula is C25H13ClO6. The Morgan fingerprint density at radius 3 is 2.47 bits per heavy atom. The molecule has 2 N–H and O–H groups in total. The fourth-order valence-corrected chi connectivity index (χ4v) is 4.15. The highest BCUT2D eigenvalue weighted by Crippen LogP contribution is 2.43. The Morgan fingerprint density at radius 2 is 1.72 bits per heavy atom. The maximum absolute atomic E-state index is 12.0. The first-order valence-electron chi connectivity index (χ1n) is 9.52. The zero-order valence-electron chi connectivity index (χ0n) is 16.3. The minimum Gasteiger partial charge on any atom is -0.506 e. The van der Waals surface area contributed by atoms with Crippen LogP contribution >= 0.6 is 11.6 Å². The number of aromatic hydroxyl groups is 1. The largest absolute Gasteiger partial charge is 0.506 e. The van der Waals surface area contributed by atoms with E-state index in [4.69, 9.17) is 16.0 Å². The van der Waals surface area contributed by atoms with Gasteiger partial charge in [0, 0.05) is 33.4 Å². The number of rotatable bonds is 3. The van der Waals surface area contributed by atoms with Crippen molar-refractivity contribution in [2.75, 3.05) is 0 Å². The number of phenolic OH excluding ortho intramolecular Hbond substituents is 1. The van der Waals surface area contributed by atoms with E-state index in [1.165, 1.54) is 42.5 Å². The van der Waals surface area contributed by atoms with Crippen molar-refractivity contribution < 1.29 is 24.2 Å². The predicted octanol–water partition coefficient (Wildman–Crippen LogP) is 5.64. The molecule has 5 aromatic rings. The molecule has 0 amide bonds. The smallest absolute Gasteiger partial charge is 0.336 e. The third-order valence-electron chi connectivity index (χ3n) is 5.42. The van der Waals surface area contributed by atoms with E-state index in [9.17, 15) is 24.6 Å². The highest BCUT2D eigenvalue weighted by molar-refractivity contribution is 6.33. The van der Waals surface area contributed by atoms with E-state index in [2.05, 4.69) is 0 Å². The van der Waals surface area contributed by atoms with Crippen molar-refractivity contribution >= 4 is 56.6 Å². The summed E-state index contributed by atoms with van der Waals surface area (Å²) in [5.41, 5.74) is 1.58. The van der Waals surface area contributed by atoms with Crippen LogP contribution in [0, 0.1) is 0 Å². The molecule has 0 aliphatic carbocycles. The first kappa shape index (κ1) is 19.8. The number of carboxylic acid groups (broad SMARTS) is 1. The molecule has 0 bridgehead atoms. The number of aromatic carboxylic acids is 1. The Morgan fingerprint density at radius 1 is 0.938 bits per heavy atom. The summed E-state index contributed by atoms with van der Waals surface area (Å²) in [6.07, 6.45) is 0.636. The van der Waals surface area contributed by atoms with Crippen molar-refractivity contribution in [3.8, 4) is 16.9 Å². The second-order valence-corrected chi connectivity index (χ2v) is 7.74. The molecule has 0 aliphatic rings. The molecule has 0 saturated carbocycles. The van der Waals surface area contributed by atoms with Gasteiger partial charge in [0.1, 0.15) is 23.2 Å². The number of carbonyl (C=O) groups is 2. The molecule has 0 saturated heterocycles. The molecule has 0 aliphatic heterocycles. The predicted molar refractivity (Wildman–Crippen MR) is 122 cm³/mol. The second-order valence-electron chi connectivity index (χ2n) is 7.33. The first-order valence-corrected chi connectivity index (χ1v) is 9.90. The Balaban J connectivity index is 2.06. The molecular weight excluding hydrogens is 432 g/mol. The van der Waals surface area contributed by atoms with E-state index in [1.54, 1.807) is 18.2 Å². The molecule has 0 spiro atoms. The zero-order valence-corrected chi connectivity index (χ0v) is 17.0. The summed E-state index contributed by atoms with van der Waals surface area (Å²) in [5.74, 6) is -1.36. The molecule has 1 heterocycles. The average Bonchev–Trinajstić information content (AvgIpc) is 2.77. The number of hydrogen-bond donors (Lipinski definition) is 2. The van der Waals surface area contributed by atoms with Crippen LogP contribution in [0.4, 0.5) is 0 Å². The summed E-state index contributed by atoms with van der Waals surface area (Å²) in [6, 6.07) is 15.1. The number of fused-ring (bicyclic) bond motifs is 4. The molecule has 0 atom stereocenters. The molecule has 5 rings (SSSR count). The lowest BCUT2D eigenvalue weighted by molar-refractivity contribution is 0.0697. The van der Waals surface area contributed by atoms with Crippen molar-refractivity contribution in [2.24, 2.45) is 0 Å². The van der Waals surface area contributed by atoms with Gasteiger partial charge in [0.05, 0.1) is 10.6 Å². The third-order valence-corrected chi connectivity index (χ3v) is 5.72. The van der Waals surface area contributed by atoms with Gasteiger partial charge in [0.2, 0.25) is 0 Å². The van der Waals surface area contributed by atoms with Crippen LogP contribution in [0.15, 0.2) is 69.9 Å². The van der Waals surface area contributed by atoms with Gasteiger partial charge >= 0.3 is 5.97 Å². The van der Waals surface area contributed by atoms with Crippen LogP contribution in [0.2, 0.25) is 5.02 Å². The van der Waals surface area contributed by atoms with Gasteiger partial charge in [-0.05, 0) is 53.4 Å². The van der Waals surface area contributed by atoms with Gasteiger partial charge < -0.3 is 14.6 Å². The van der Waals surface area contributed by atoms with Crippen LogP contribution in [0.1, 0.15) is 20.7 Å². The van der Waals surface area contributed by atoms with Crippen LogP contribution in [0.3, 0.4) is 0 Å². The number of phenols is 1. The molecule has 0 fully saturated rings. The highest BCUT2D eigenvalue weighted by Gasteiger charge is 2.21.